The van der Waals surface area contributed by atoms with Crippen LogP contribution in [0.1, 0.15) is 16.7 Å². The highest BCUT2D eigenvalue weighted by molar-refractivity contribution is 5.84. The second-order valence-electron chi connectivity index (χ2n) is 4.58. The van der Waals surface area contributed by atoms with E-state index >= 15 is 0 Å². The van der Waals surface area contributed by atoms with Gasteiger partial charge in [0.1, 0.15) is 18.0 Å². The first-order valence-electron chi connectivity index (χ1n) is 6.47. The average Bonchev–Trinajstić information content (AvgIpc) is 2.45. The fourth-order valence-electron chi connectivity index (χ4n) is 1.84. The van der Waals surface area contributed by atoms with Crippen molar-refractivity contribution in [2.24, 2.45) is 4.99 Å². The van der Waals surface area contributed by atoms with E-state index < -0.39 is 0 Å². The van der Waals surface area contributed by atoms with Crippen molar-refractivity contribution in [2.75, 3.05) is 6.61 Å². The molecule has 0 fully saturated rings. The van der Waals surface area contributed by atoms with Crippen molar-refractivity contribution in [1.29, 1.82) is 0 Å². The number of aliphatic imine (C=N–C) groups is 1. The summed E-state index contributed by atoms with van der Waals surface area (Å²) in [5.41, 5.74) is 4.21. The van der Waals surface area contributed by atoms with Gasteiger partial charge in [0.15, 0.2) is 0 Å². The molecular weight excluding hydrogens is 246 g/mol. The zero-order chi connectivity index (χ0) is 14.4. The molecule has 0 N–H and O–H groups in total. The maximum Gasteiger partial charge on any atom is 0.148 e. The van der Waals surface area contributed by atoms with Crippen molar-refractivity contribution < 1.29 is 4.74 Å². The third-order valence-electron chi connectivity index (χ3n) is 2.96. The van der Waals surface area contributed by atoms with Gasteiger partial charge in [0, 0.05) is 6.21 Å². The quantitative estimate of drug-likeness (QED) is 0.602. The maximum atomic E-state index is 5.51. The molecule has 0 saturated carbocycles. The number of aryl methyl sites for hydroxylation is 2. The zero-order valence-corrected chi connectivity index (χ0v) is 11.8. The van der Waals surface area contributed by atoms with E-state index in [9.17, 15) is 0 Å². The molecule has 0 amide bonds. The van der Waals surface area contributed by atoms with Crippen LogP contribution >= 0.6 is 0 Å². The van der Waals surface area contributed by atoms with Crippen LogP contribution in [0.25, 0.3) is 0 Å². The van der Waals surface area contributed by atoms with E-state index in [2.05, 4.69) is 23.9 Å². The number of benzene rings is 2. The van der Waals surface area contributed by atoms with Gasteiger partial charge in [-0.1, -0.05) is 36.3 Å². The van der Waals surface area contributed by atoms with Gasteiger partial charge in [-0.05, 0) is 42.7 Å². The fourth-order valence-corrected chi connectivity index (χ4v) is 1.84. The molecule has 0 bridgehead atoms. The third kappa shape index (κ3) is 3.49. The summed E-state index contributed by atoms with van der Waals surface area (Å²) in [5, 5.41) is 0. The van der Waals surface area contributed by atoms with Crippen LogP contribution in [-0.2, 0) is 0 Å². The Labute approximate surface area is 120 Å². The molecule has 100 valence electrons. The molecule has 2 rings (SSSR count). The molecule has 0 aliphatic carbocycles. The van der Waals surface area contributed by atoms with Crippen LogP contribution in [0.4, 0.5) is 5.69 Å². The van der Waals surface area contributed by atoms with Crippen LogP contribution in [0.2, 0.25) is 0 Å². The van der Waals surface area contributed by atoms with E-state index in [1.807, 2.05) is 49.5 Å². The molecular formula is C18H17NO. The highest BCUT2D eigenvalue weighted by Crippen LogP contribution is 2.28. The Morgan fingerprint density at radius 3 is 2.75 bits per heavy atom. The molecule has 0 aliphatic rings. The number of terminal acetylenes is 1. The molecule has 0 heterocycles. The summed E-state index contributed by atoms with van der Waals surface area (Å²) in [6.45, 7) is 4.33. The van der Waals surface area contributed by atoms with E-state index in [0.29, 0.717) is 5.75 Å². The highest BCUT2D eigenvalue weighted by Gasteiger charge is 2.02. The van der Waals surface area contributed by atoms with Gasteiger partial charge in [0.25, 0.3) is 0 Å². The monoisotopic (exact) mass is 263 g/mol. The minimum atomic E-state index is 0.246. The first kappa shape index (κ1) is 13.9. The number of hydrogen-bond acceptors (Lipinski definition) is 2. The van der Waals surface area contributed by atoms with Gasteiger partial charge in [0.05, 0.1) is 0 Å². The summed E-state index contributed by atoms with van der Waals surface area (Å²) in [5.74, 6) is 3.17. The standard InChI is InChI=1S/C18H17NO/c1-4-11-20-18-10-9-14(2)12-17(18)19-13-16-8-6-5-7-15(16)3/h1,5-10,12-13H,11H2,2-3H3. The van der Waals surface area contributed by atoms with Crippen molar-refractivity contribution in [1.82, 2.24) is 0 Å². The Balaban J connectivity index is 2.30. The lowest BCUT2D eigenvalue weighted by Crippen LogP contribution is -1.94. The molecule has 2 aromatic carbocycles. The van der Waals surface area contributed by atoms with Gasteiger partial charge in [-0.25, -0.2) is 0 Å². The van der Waals surface area contributed by atoms with Gasteiger partial charge in [-0.2, -0.15) is 0 Å². The molecule has 20 heavy (non-hydrogen) atoms. The largest absolute Gasteiger partial charge is 0.479 e. The lowest BCUT2D eigenvalue weighted by Gasteiger charge is -2.07. The number of hydrogen-bond donors (Lipinski definition) is 0. The Morgan fingerprint density at radius 1 is 1.20 bits per heavy atom. The average molecular weight is 263 g/mol. The van der Waals surface area contributed by atoms with E-state index in [1.165, 1.54) is 5.56 Å². The Kier molecular flexibility index (Phi) is 4.57. The van der Waals surface area contributed by atoms with Crippen LogP contribution < -0.4 is 4.74 Å². The summed E-state index contributed by atoms with van der Waals surface area (Å²) < 4.78 is 5.51. The predicted molar refractivity (Wildman–Crippen MR) is 83.9 cm³/mol. The Bertz CT molecular complexity index is 665. The van der Waals surface area contributed by atoms with Crippen molar-refractivity contribution in [3.05, 3.63) is 59.2 Å². The van der Waals surface area contributed by atoms with E-state index in [4.69, 9.17) is 11.2 Å². The molecule has 2 heteroatoms. The van der Waals surface area contributed by atoms with Crippen LogP contribution in [0, 0.1) is 26.2 Å². The number of rotatable bonds is 4. The smallest absolute Gasteiger partial charge is 0.148 e. The van der Waals surface area contributed by atoms with Crippen LogP contribution in [-0.4, -0.2) is 12.8 Å². The summed E-state index contributed by atoms with van der Waals surface area (Å²) >= 11 is 0. The third-order valence-corrected chi connectivity index (χ3v) is 2.96. The summed E-state index contributed by atoms with van der Waals surface area (Å²) in [4.78, 5) is 4.53. The Hall–Kier alpha value is -2.53. The molecule has 0 saturated heterocycles. The van der Waals surface area contributed by atoms with Crippen molar-refractivity contribution in [2.45, 2.75) is 13.8 Å². The molecule has 0 spiro atoms. The maximum absolute atomic E-state index is 5.51. The molecule has 0 atom stereocenters. The number of nitrogens with zero attached hydrogens (tertiary/aromatic N) is 1. The number of ether oxygens (including phenoxy) is 1. The minimum Gasteiger partial charge on any atom is -0.479 e. The highest BCUT2D eigenvalue weighted by atomic mass is 16.5. The summed E-state index contributed by atoms with van der Waals surface area (Å²) in [6, 6.07) is 14.0. The van der Waals surface area contributed by atoms with Crippen LogP contribution in [0.3, 0.4) is 0 Å². The molecule has 2 aromatic rings. The SMILES string of the molecule is C#CCOc1ccc(C)cc1N=Cc1ccccc1C. The lowest BCUT2D eigenvalue weighted by atomic mass is 10.1. The first-order valence-corrected chi connectivity index (χ1v) is 6.47. The van der Waals surface area contributed by atoms with Crippen molar-refractivity contribution in [3.8, 4) is 18.1 Å². The summed E-state index contributed by atoms with van der Waals surface area (Å²) in [7, 11) is 0. The van der Waals surface area contributed by atoms with Gasteiger partial charge >= 0.3 is 0 Å². The molecule has 0 aromatic heterocycles. The fraction of sp³-hybridized carbons (Fsp3) is 0.167. The topological polar surface area (TPSA) is 21.6 Å². The molecule has 2 nitrogen and oxygen atoms in total. The van der Waals surface area contributed by atoms with Gasteiger partial charge in [-0.15, -0.1) is 6.42 Å². The Morgan fingerprint density at radius 2 is 2.00 bits per heavy atom. The van der Waals surface area contributed by atoms with Gasteiger partial charge in [-0.3, -0.25) is 4.99 Å². The van der Waals surface area contributed by atoms with Gasteiger partial charge < -0.3 is 4.74 Å². The summed E-state index contributed by atoms with van der Waals surface area (Å²) in [6.07, 6.45) is 7.08. The molecule has 0 aliphatic heterocycles. The lowest BCUT2D eigenvalue weighted by molar-refractivity contribution is 0.371. The van der Waals surface area contributed by atoms with E-state index in [0.717, 1.165) is 16.8 Å². The molecule has 0 unspecified atom stereocenters. The first-order chi connectivity index (χ1) is 9.70. The van der Waals surface area contributed by atoms with Gasteiger partial charge in [0.2, 0.25) is 0 Å². The predicted octanol–water partition coefficient (Wildman–Crippen LogP) is 4.07. The van der Waals surface area contributed by atoms with Crippen LogP contribution in [0.5, 0.6) is 5.75 Å². The minimum absolute atomic E-state index is 0.246. The normalized spacial score (nSPS) is 10.4. The van der Waals surface area contributed by atoms with E-state index in [-0.39, 0.29) is 6.61 Å². The van der Waals surface area contributed by atoms with E-state index in [1.54, 1.807) is 0 Å². The van der Waals surface area contributed by atoms with Crippen LogP contribution in [0.15, 0.2) is 47.5 Å². The van der Waals surface area contributed by atoms with Crippen molar-refractivity contribution in [3.63, 3.8) is 0 Å². The van der Waals surface area contributed by atoms with Crippen molar-refractivity contribution >= 4 is 11.9 Å². The second kappa shape index (κ2) is 6.58. The zero-order valence-electron chi connectivity index (χ0n) is 11.8. The molecule has 0 radical (unpaired) electrons. The second-order valence-corrected chi connectivity index (χ2v) is 4.58.